The molecule has 0 saturated carbocycles. The Kier molecular flexibility index (Phi) is 8.48. The third kappa shape index (κ3) is 6.81. The highest BCUT2D eigenvalue weighted by Crippen LogP contribution is 2.30. The first kappa shape index (κ1) is 26.2. The lowest BCUT2D eigenvalue weighted by Crippen LogP contribution is -2.39. The molecular weight excluding hydrogens is 502 g/mol. The molecule has 1 N–H and O–H groups in total. The summed E-state index contributed by atoms with van der Waals surface area (Å²) in [4.78, 5) is 25.2. The van der Waals surface area contributed by atoms with E-state index >= 15 is 0 Å². The van der Waals surface area contributed by atoms with Gasteiger partial charge in [0.15, 0.2) is 0 Å². The highest BCUT2D eigenvalue weighted by Gasteiger charge is 2.22. The van der Waals surface area contributed by atoms with E-state index in [9.17, 15) is 23.3 Å². The van der Waals surface area contributed by atoms with Gasteiger partial charge in [-0.2, -0.15) is 5.10 Å². The Morgan fingerprint density at radius 2 is 2.03 bits per heavy atom. The minimum atomic E-state index is -3.84. The van der Waals surface area contributed by atoms with Gasteiger partial charge in [0.2, 0.25) is 10.0 Å². The molecule has 35 heavy (non-hydrogen) atoms. The van der Waals surface area contributed by atoms with Crippen LogP contribution in [0.15, 0.2) is 41.5 Å². The van der Waals surface area contributed by atoms with Crippen LogP contribution >= 0.6 is 11.6 Å². The highest BCUT2D eigenvalue weighted by atomic mass is 35.5. The van der Waals surface area contributed by atoms with E-state index in [1.54, 1.807) is 6.07 Å². The van der Waals surface area contributed by atoms with Crippen LogP contribution in [0, 0.1) is 10.1 Å². The van der Waals surface area contributed by atoms with Crippen molar-refractivity contribution in [1.29, 1.82) is 0 Å². The van der Waals surface area contributed by atoms with Gasteiger partial charge in [0.1, 0.15) is 12.3 Å². The summed E-state index contributed by atoms with van der Waals surface area (Å²) in [5, 5.41) is 15.3. The second kappa shape index (κ2) is 11.3. The second-order valence-corrected chi connectivity index (χ2v) is 9.80. The molecule has 1 fully saturated rings. The van der Waals surface area contributed by atoms with E-state index in [1.807, 2.05) is 4.90 Å². The number of ether oxygens (including phenoxy) is 2. The number of halogens is 1. The van der Waals surface area contributed by atoms with Gasteiger partial charge in [-0.1, -0.05) is 11.6 Å². The molecule has 0 radical (unpaired) electrons. The maximum Gasteiger partial charge on any atom is 0.270 e. The van der Waals surface area contributed by atoms with Gasteiger partial charge in [-0.3, -0.25) is 19.2 Å². The molecule has 0 atom stereocenters. The lowest BCUT2D eigenvalue weighted by atomic mass is 10.1. The topological polar surface area (TPSA) is 144 Å². The Balaban J connectivity index is 1.78. The Hall–Kier alpha value is -3.42. The van der Waals surface area contributed by atoms with Crippen molar-refractivity contribution in [2.75, 3.05) is 55.4 Å². The summed E-state index contributed by atoms with van der Waals surface area (Å²) in [6, 6.07) is 8.68. The van der Waals surface area contributed by atoms with E-state index in [4.69, 9.17) is 21.1 Å². The molecule has 1 heterocycles. The van der Waals surface area contributed by atoms with E-state index in [0.29, 0.717) is 43.3 Å². The lowest BCUT2D eigenvalue weighted by molar-refractivity contribution is -0.384. The maximum absolute atomic E-state index is 12.5. The third-order valence-electron chi connectivity index (χ3n) is 5.08. The lowest BCUT2D eigenvalue weighted by Gasteiger charge is -2.29. The second-order valence-electron chi connectivity index (χ2n) is 7.48. The first-order chi connectivity index (χ1) is 16.6. The average molecular weight is 526 g/mol. The molecule has 2 aromatic carbocycles. The van der Waals surface area contributed by atoms with Gasteiger partial charge in [0.25, 0.3) is 11.6 Å². The Bertz CT molecular complexity index is 1230. The molecule has 0 bridgehead atoms. The Morgan fingerprint density at radius 1 is 1.31 bits per heavy atom. The number of nitro benzene ring substituents is 1. The molecular formula is C21H24ClN5O7S. The van der Waals surface area contributed by atoms with Crippen molar-refractivity contribution in [2.45, 2.75) is 0 Å². The van der Waals surface area contributed by atoms with Gasteiger partial charge in [0.05, 0.1) is 48.4 Å². The van der Waals surface area contributed by atoms with Crippen molar-refractivity contribution in [2.24, 2.45) is 5.10 Å². The summed E-state index contributed by atoms with van der Waals surface area (Å²) in [6.45, 7) is 1.66. The van der Waals surface area contributed by atoms with Crippen molar-refractivity contribution in [3.8, 4) is 5.75 Å². The number of carbonyl (C=O) groups excluding carboxylic acids is 1. The molecule has 2 aromatic rings. The quantitative estimate of drug-likeness (QED) is 0.297. The molecule has 14 heteroatoms. The maximum atomic E-state index is 12.5. The summed E-state index contributed by atoms with van der Waals surface area (Å²) in [5.41, 5.74) is 3.43. The Labute approximate surface area is 207 Å². The van der Waals surface area contributed by atoms with E-state index in [0.717, 1.165) is 10.6 Å². The molecule has 1 aliphatic heterocycles. The van der Waals surface area contributed by atoms with Crippen LogP contribution in [0.3, 0.4) is 0 Å². The summed E-state index contributed by atoms with van der Waals surface area (Å²) in [7, 11) is -2.41. The van der Waals surface area contributed by atoms with Crippen molar-refractivity contribution in [3.05, 3.63) is 57.1 Å². The number of carbonyl (C=O) groups is 1. The highest BCUT2D eigenvalue weighted by molar-refractivity contribution is 7.92. The monoisotopic (exact) mass is 525 g/mol. The molecule has 1 aliphatic rings. The fourth-order valence-electron chi connectivity index (χ4n) is 3.40. The van der Waals surface area contributed by atoms with Gasteiger partial charge in [-0.25, -0.2) is 13.8 Å². The number of rotatable bonds is 9. The number of morpholine rings is 1. The number of non-ortho nitro benzene ring substituents is 1. The van der Waals surface area contributed by atoms with Gasteiger partial charge in [0, 0.05) is 36.5 Å². The number of methoxy groups -OCH3 is 1. The minimum Gasteiger partial charge on any atom is -0.495 e. The number of amides is 1. The van der Waals surface area contributed by atoms with Gasteiger partial charge >= 0.3 is 0 Å². The van der Waals surface area contributed by atoms with Crippen LogP contribution in [0.2, 0.25) is 5.02 Å². The minimum absolute atomic E-state index is 0.130. The van der Waals surface area contributed by atoms with Gasteiger partial charge in [-0.15, -0.1) is 0 Å². The smallest absolute Gasteiger partial charge is 0.270 e. The number of nitro groups is 1. The largest absolute Gasteiger partial charge is 0.495 e. The van der Waals surface area contributed by atoms with Gasteiger partial charge < -0.3 is 14.4 Å². The normalized spacial score (nSPS) is 14.1. The van der Waals surface area contributed by atoms with Crippen LogP contribution in [0.5, 0.6) is 5.75 Å². The van der Waals surface area contributed by atoms with Crippen molar-refractivity contribution in [3.63, 3.8) is 0 Å². The Morgan fingerprint density at radius 3 is 2.63 bits per heavy atom. The zero-order chi connectivity index (χ0) is 25.6. The first-order valence-electron chi connectivity index (χ1n) is 10.3. The number of hydrogen-bond donors (Lipinski definition) is 1. The summed E-state index contributed by atoms with van der Waals surface area (Å²) in [5.74, 6) is -0.372. The predicted molar refractivity (Wildman–Crippen MR) is 132 cm³/mol. The van der Waals surface area contributed by atoms with E-state index < -0.39 is 27.4 Å². The van der Waals surface area contributed by atoms with E-state index in [2.05, 4.69) is 10.5 Å². The molecule has 12 nitrogen and oxygen atoms in total. The van der Waals surface area contributed by atoms with Crippen LogP contribution in [-0.2, 0) is 19.6 Å². The van der Waals surface area contributed by atoms with Crippen molar-refractivity contribution >= 4 is 50.8 Å². The molecule has 0 aliphatic carbocycles. The number of nitrogens with one attached hydrogen (secondary N) is 1. The molecule has 1 amide bonds. The van der Waals surface area contributed by atoms with E-state index in [1.165, 1.54) is 43.7 Å². The number of nitrogens with zero attached hydrogens (tertiary/aromatic N) is 4. The number of hydrogen-bond acceptors (Lipinski definition) is 9. The predicted octanol–water partition coefficient (Wildman–Crippen LogP) is 2.01. The molecule has 188 valence electrons. The fraction of sp³-hybridized carbons (Fsp3) is 0.333. The molecule has 3 rings (SSSR count). The summed E-state index contributed by atoms with van der Waals surface area (Å²) < 4.78 is 35.9. The SMILES string of the molecule is COc1ccc(N(CC(=O)N/N=C\c2cc([N+](=O)[O-])ccc2N2CCOCC2)S(C)(=O)=O)cc1Cl. The average Bonchev–Trinajstić information content (AvgIpc) is 2.82. The third-order valence-corrected chi connectivity index (χ3v) is 6.51. The zero-order valence-corrected chi connectivity index (χ0v) is 20.6. The summed E-state index contributed by atoms with van der Waals surface area (Å²) in [6.07, 6.45) is 2.24. The van der Waals surface area contributed by atoms with Crippen LogP contribution in [0.25, 0.3) is 0 Å². The van der Waals surface area contributed by atoms with Crippen LogP contribution < -0.4 is 19.4 Å². The standard InChI is InChI=1S/C21H24ClN5O7S/c1-33-20-6-4-16(12-18(20)22)26(35(2,31)32)14-21(28)24-23-13-15-11-17(27(29)30)3-5-19(15)25-7-9-34-10-8-25/h3-6,11-13H,7-10,14H2,1-2H3,(H,24,28)/b23-13-. The van der Waals surface area contributed by atoms with Crippen LogP contribution in [0.4, 0.5) is 17.1 Å². The summed E-state index contributed by atoms with van der Waals surface area (Å²) >= 11 is 6.10. The molecule has 0 spiro atoms. The number of benzene rings is 2. The fourth-order valence-corrected chi connectivity index (χ4v) is 4.50. The van der Waals surface area contributed by atoms with Crippen molar-refractivity contribution < 1.29 is 27.6 Å². The van der Waals surface area contributed by atoms with Crippen LogP contribution in [-0.4, -0.2) is 71.7 Å². The molecule has 0 aromatic heterocycles. The first-order valence-corrected chi connectivity index (χ1v) is 12.6. The van der Waals surface area contributed by atoms with Crippen LogP contribution in [0.1, 0.15) is 5.56 Å². The number of hydrazone groups is 1. The van der Waals surface area contributed by atoms with Crippen molar-refractivity contribution in [1.82, 2.24) is 5.43 Å². The van der Waals surface area contributed by atoms with Gasteiger partial charge in [-0.05, 0) is 24.3 Å². The molecule has 0 unspecified atom stereocenters. The van der Waals surface area contributed by atoms with E-state index in [-0.39, 0.29) is 16.4 Å². The number of anilines is 2. The molecule has 1 saturated heterocycles. The zero-order valence-electron chi connectivity index (χ0n) is 19.0. The number of sulfonamides is 1.